The van der Waals surface area contributed by atoms with Crippen molar-refractivity contribution in [2.24, 2.45) is 0 Å². The van der Waals surface area contributed by atoms with Gasteiger partial charge in [-0.1, -0.05) is 30.3 Å². The number of hydrogen-bond acceptors (Lipinski definition) is 4. The van der Waals surface area contributed by atoms with Crippen LogP contribution >= 0.6 is 0 Å². The lowest BCUT2D eigenvalue weighted by molar-refractivity contribution is -0.122. The molecule has 0 spiro atoms. The van der Waals surface area contributed by atoms with Crippen LogP contribution in [0.1, 0.15) is 24.4 Å². The number of carbonyl (C=O) groups excluding carboxylic acids is 1. The van der Waals surface area contributed by atoms with Gasteiger partial charge in [0.1, 0.15) is 17.6 Å². The molecule has 0 aliphatic carbocycles. The van der Waals surface area contributed by atoms with Gasteiger partial charge in [0.05, 0.1) is 5.69 Å². The Morgan fingerprint density at radius 3 is 2.80 bits per heavy atom. The lowest BCUT2D eigenvalue weighted by Crippen LogP contribution is -2.34. The molecule has 2 aromatic carbocycles. The van der Waals surface area contributed by atoms with Crippen molar-refractivity contribution >= 4 is 17.3 Å². The Hall–Kier alpha value is -3.28. The van der Waals surface area contributed by atoms with Crippen molar-refractivity contribution in [2.45, 2.75) is 19.1 Å². The molecule has 3 N–H and O–H groups in total. The Labute approximate surface area is 145 Å². The average Bonchev–Trinajstić information content (AvgIpc) is 3.16. The molecule has 0 unspecified atom stereocenters. The fourth-order valence-electron chi connectivity index (χ4n) is 2.86. The first kappa shape index (κ1) is 15.3. The number of H-pyrrole nitrogens is 1. The second-order valence-electron chi connectivity index (χ2n) is 5.92. The van der Waals surface area contributed by atoms with Crippen LogP contribution in [0.5, 0.6) is 5.75 Å². The number of rotatable bonds is 4. The van der Waals surface area contributed by atoms with Crippen molar-refractivity contribution in [3.63, 3.8) is 0 Å². The zero-order valence-electron chi connectivity index (χ0n) is 13.7. The molecule has 0 fully saturated rings. The highest BCUT2D eigenvalue weighted by atomic mass is 16.5. The summed E-state index contributed by atoms with van der Waals surface area (Å²) in [6, 6.07) is 15.6. The SMILES string of the molecule is C[C@H]1Oc2ccc(N[C@@H](c3ccccc3)c3ncc[nH]3)cc2NC1=O. The molecule has 6 nitrogen and oxygen atoms in total. The van der Waals surface area contributed by atoms with E-state index in [1.54, 1.807) is 19.3 Å². The molecule has 1 aromatic heterocycles. The van der Waals surface area contributed by atoms with Crippen LogP contribution in [0.2, 0.25) is 0 Å². The third-order valence-electron chi connectivity index (χ3n) is 4.15. The largest absolute Gasteiger partial charge is 0.479 e. The number of carbonyl (C=O) groups is 1. The minimum absolute atomic E-state index is 0.131. The summed E-state index contributed by atoms with van der Waals surface area (Å²) in [5.41, 5.74) is 2.62. The Morgan fingerprint density at radius 1 is 1.20 bits per heavy atom. The molecule has 4 rings (SSSR count). The highest BCUT2D eigenvalue weighted by Gasteiger charge is 2.24. The lowest BCUT2D eigenvalue weighted by atomic mass is 10.1. The Bertz CT molecular complexity index is 878. The van der Waals surface area contributed by atoms with Crippen molar-refractivity contribution < 1.29 is 9.53 Å². The molecule has 6 heteroatoms. The summed E-state index contributed by atoms with van der Waals surface area (Å²) in [5, 5.41) is 6.34. The number of amides is 1. The van der Waals surface area contributed by atoms with Crippen LogP contribution < -0.4 is 15.4 Å². The van der Waals surface area contributed by atoms with Gasteiger partial charge in [-0.05, 0) is 30.7 Å². The first-order valence-electron chi connectivity index (χ1n) is 8.13. The molecule has 3 aromatic rings. The van der Waals surface area contributed by atoms with Gasteiger partial charge in [0, 0.05) is 18.1 Å². The van der Waals surface area contributed by atoms with Crippen LogP contribution in [0.4, 0.5) is 11.4 Å². The summed E-state index contributed by atoms with van der Waals surface area (Å²) < 4.78 is 5.60. The van der Waals surface area contributed by atoms with Crippen LogP contribution in [0.15, 0.2) is 60.9 Å². The monoisotopic (exact) mass is 334 g/mol. The van der Waals surface area contributed by atoms with E-state index in [0.29, 0.717) is 11.4 Å². The van der Waals surface area contributed by atoms with Gasteiger partial charge in [0.15, 0.2) is 6.10 Å². The van der Waals surface area contributed by atoms with E-state index in [4.69, 9.17) is 4.74 Å². The molecular weight excluding hydrogens is 316 g/mol. The summed E-state index contributed by atoms with van der Waals surface area (Å²) in [4.78, 5) is 19.4. The third kappa shape index (κ3) is 3.06. The molecule has 2 heterocycles. The second kappa shape index (κ2) is 6.32. The maximum atomic E-state index is 11.8. The van der Waals surface area contributed by atoms with E-state index in [0.717, 1.165) is 17.1 Å². The maximum absolute atomic E-state index is 11.8. The van der Waals surface area contributed by atoms with E-state index in [2.05, 4.69) is 20.6 Å². The van der Waals surface area contributed by atoms with Gasteiger partial charge in [0.2, 0.25) is 0 Å². The van der Waals surface area contributed by atoms with Crippen LogP contribution in [0, 0.1) is 0 Å². The van der Waals surface area contributed by atoms with Crippen molar-refractivity contribution in [1.82, 2.24) is 9.97 Å². The number of aromatic amines is 1. The van der Waals surface area contributed by atoms with E-state index in [-0.39, 0.29) is 11.9 Å². The number of nitrogens with zero attached hydrogens (tertiary/aromatic N) is 1. The number of imidazole rings is 1. The maximum Gasteiger partial charge on any atom is 0.265 e. The molecule has 0 saturated carbocycles. The molecule has 0 radical (unpaired) electrons. The summed E-state index contributed by atoms with van der Waals surface area (Å²) in [7, 11) is 0. The Balaban J connectivity index is 1.65. The van der Waals surface area contributed by atoms with E-state index < -0.39 is 6.10 Å². The van der Waals surface area contributed by atoms with Crippen LogP contribution in [0.25, 0.3) is 0 Å². The predicted molar refractivity (Wildman–Crippen MR) is 95.7 cm³/mol. The highest BCUT2D eigenvalue weighted by molar-refractivity contribution is 5.98. The van der Waals surface area contributed by atoms with Gasteiger partial charge in [-0.3, -0.25) is 4.79 Å². The number of benzene rings is 2. The average molecular weight is 334 g/mol. The molecule has 1 aliphatic rings. The van der Waals surface area contributed by atoms with Crippen molar-refractivity contribution in [2.75, 3.05) is 10.6 Å². The molecule has 2 atom stereocenters. The summed E-state index contributed by atoms with van der Waals surface area (Å²) in [6.07, 6.45) is 3.05. The van der Waals surface area contributed by atoms with Crippen molar-refractivity contribution in [3.8, 4) is 5.75 Å². The number of hydrogen-bond donors (Lipinski definition) is 3. The van der Waals surface area contributed by atoms with E-state index in [1.165, 1.54) is 0 Å². The molecule has 126 valence electrons. The minimum atomic E-state index is -0.480. The van der Waals surface area contributed by atoms with Gasteiger partial charge < -0.3 is 20.4 Å². The van der Waals surface area contributed by atoms with Crippen molar-refractivity contribution in [3.05, 3.63) is 72.3 Å². The standard InChI is InChI=1S/C19H18N4O2/c1-12-19(24)23-15-11-14(7-8-16(15)25-12)22-17(18-20-9-10-21-18)13-5-3-2-4-6-13/h2-12,17,22H,1H3,(H,20,21)(H,23,24)/t12-,17+/m1/s1. The quantitative estimate of drug-likeness (QED) is 0.684. The molecule has 1 aliphatic heterocycles. The normalized spacial score (nSPS) is 17.2. The highest BCUT2D eigenvalue weighted by Crippen LogP contribution is 2.34. The zero-order valence-corrected chi connectivity index (χ0v) is 13.7. The summed E-state index contributed by atoms with van der Waals surface area (Å²) in [6.45, 7) is 1.73. The molecular formula is C19H18N4O2. The molecule has 0 saturated heterocycles. The molecule has 25 heavy (non-hydrogen) atoms. The summed E-state index contributed by atoms with van der Waals surface area (Å²) >= 11 is 0. The fourth-order valence-corrected chi connectivity index (χ4v) is 2.86. The number of fused-ring (bicyclic) bond motifs is 1. The predicted octanol–water partition coefficient (Wildman–Crippen LogP) is 3.33. The first-order chi connectivity index (χ1) is 12.2. The van der Waals surface area contributed by atoms with E-state index in [1.807, 2.05) is 48.5 Å². The van der Waals surface area contributed by atoms with Gasteiger partial charge in [0.25, 0.3) is 5.91 Å². The molecule has 1 amide bonds. The smallest absolute Gasteiger partial charge is 0.265 e. The topological polar surface area (TPSA) is 79.0 Å². The van der Waals surface area contributed by atoms with Gasteiger partial charge in [-0.2, -0.15) is 0 Å². The van der Waals surface area contributed by atoms with Gasteiger partial charge in [-0.15, -0.1) is 0 Å². The van der Waals surface area contributed by atoms with Crippen molar-refractivity contribution in [1.29, 1.82) is 0 Å². The number of ether oxygens (including phenoxy) is 1. The Morgan fingerprint density at radius 2 is 2.04 bits per heavy atom. The zero-order chi connectivity index (χ0) is 17.2. The van der Waals surface area contributed by atoms with Crippen LogP contribution in [-0.2, 0) is 4.79 Å². The number of anilines is 2. The number of aromatic nitrogens is 2. The number of nitrogens with one attached hydrogen (secondary N) is 3. The van der Waals surface area contributed by atoms with E-state index >= 15 is 0 Å². The first-order valence-corrected chi connectivity index (χ1v) is 8.13. The summed E-state index contributed by atoms with van der Waals surface area (Å²) in [5.74, 6) is 1.35. The lowest BCUT2D eigenvalue weighted by Gasteiger charge is -2.25. The molecule has 0 bridgehead atoms. The van der Waals surface area contributed by atoms with Gasteiger partial charge in [-0.25, -0.2) is 4.98 Å². The fraction of sp³-hybridized carbons (Fsp3) is 0.158. The second-order valence-corrected chi connectivity index (χ2v) is 5.92. The van der Waals surface area contributed by atoms with Gasteiger partial charge >= 0.3 is 0 Å². The Kier molecular flexibility index (Phi) is 3.85. The van der Waals surface area contributed by atoms with Crippen LogP contribution in [0.3, 0.4) is 0 Å². The minimum Gasteiger partial charge on any atom is -0.479 e. The van der Waals surface area contributed by atoms with Crippen LogP contribution in [-0.4, -0.2) is 22.0 Å². The third-order valence-corrected chi connectivity index (χ3v) is 4.15. The van der Waals surface area contributed by atoms with E-state index in [9.17, 15) is 4.79 Å².